The average Bonchev–Trinajstić information content (AvgIpc) is 2.42. The first-order valence-corrected chi connectivity index (χ1v) is 8.62. The molecule has 0 bridgehead atoms. The van der Waals surface area contributed by atoms with Gasteiger partial charge >= 0.3 is 0 Å². The minimum Gasteiger partial charge on any atom is -0.300 e. The molecule has 19 heavy (non-hydrogen) atoms. The first kappa shape index (κ1) is 18.7. The Labute approximate surface area is 121 Å². The van der Waals surface area contributed by atoms with Crippen molar-refractivity contribution in [2.45, 2.75) is 103 Å². The molecule has 0 unspecified atom stereocenters. The Morgan fingerprint density at radius 3 is 1.58 bits per heavy atom. The third-order valence-electron chi connectivity index (χ3n) is 3.76. The number of hydrogen-bond donors (Lipinski definition) is 0. The Hall–Kier alpha value is -0.330. The van der Waals surface area contributed by atoms with Crippen LogP contribution in [-0.2, 0) is 4.79 Å². The van der Waals surface area contributed by atoms with Crippen LogP contribution in [0.2, 0.25) is 0 Å². The maximum absolute atomic E-state index is 11.6. The standard InChI is InChI=1S/C18H35O/c1-3-5-7-9-10-11-12-13-15-17-18(19)16-14-8-6-4-2/h1,3-17H2,2H3. The van der Waals surface area contributed by atoms with Crippen LogP contribution in [0.4, 0.5) is 0 Å². The van der Waals surface area contributed by atoms with Crippen LogP contribution in [0.1, 0.15) is 103 Å². The number of unbranched alkanes of at least 4 members (excludes halogenated alkanes) is 11. The summed E-state index contributed by atoms with van der Waals surface area (Å²) in [4.78, 5) is 11.6. The van der Waals surface area contributed by atoms with E-state index in [9.17, 15) is 4.79 Å². The zero-order valence-electron chi connectivity index (χ0n) is 13.2. The highest BCUT2D eigenvalue weighted by atomic mass is 16.1. The van der Waals surface area contributed by atoms with Crippen molar-refractivity contribution in [1.82, 2.24) is 0 Å². The first-order chi connectivity index (χ1) is 9.31. The number of carbonyl (C=O) groups excluding carboxylic acids is 1. The van der Waals surface area contributed by atoms with Crippen LogP contribution in [0.5, 0.6) is 0 Å². The van der Waals surface area contributed by atoms with Crippen LogP contribution in [0.3, 0.4) is 0 Å². The first-order valence-electron chi connectivity index (χ1n) is 8.62. The van der Waals surface area contributed by atoms with Gasteiger partial charge in [0.1, 0.15) is 5.78 Å². The van der Waals surface area contributed by atoms with E-state index in [0.717, 1.165) is 32.1 Å². The van der Waals surface area contributed by atoms with Crippen LogP contribution >= 0.6 is 0 Å². The molecule has 0 aliphatic rings. The molecule has 0 fully saturated rings. The predicted octanol–water partition coefficient (Wildman–Crippen LogP) is 6.26. The van der Waals surface area contributed by atoms with E-state index in [1.165, 1.54) is 64.2 Å². The molecule has 0 spiro atoms. The lowest BCUT2D eigenvalue weighted by Crippen LogP contribution is -1.97. The fourth-order valence-electron chi connectivity index (χ4n) is 2.43. The predicted molar refractivity (Wildman–Crippen MR) is 85.3 cm³/mol. The molecule has 1 nitrogen and oxygen atoms in total. The highest BCUT2D eigenvalue weighted by molar-refractivity contribution is 5.78. The van der Waals surface area contributed by atoms with Crippen molar-refractivity contribution >= 4 is 5.78 Å². The van der Waals surface area contributed by atoms with Gasteiger partial charge in [0, 0.05) is 12.8 Å². The van der Waals surface area contributed by atoms with Gasteiger partial charge in [0.15, 0.2) is 0 Å². The second-order valence-electron chi connectivity index (χ2n) is 5.78. The van der Waals surface area contributed by atoms with E-state index in [1.54, 1.807) is 0 Å². The van der Waals surface area contributed by atoms with Gasteiger partial charge in [0.25, 0.3) is 0 Å². The van der Waals surface area contributed by atoms with Crippen molar-refractivity contribution in [2.24, 2.45) is 0 Å². The van der Waals surface area contributed by atoms with Gasteiger partial charge in [-0.05, 0) is 12.8 Å². The van der Waals surface area contributed by atoms with Crippen LogP contribution in [0.25, 0.3) is 0 Å². The lowest BCUT2D eigenvalue weighted by Gasteiger charge is -2.02. The summed E-state index contributed by atoms with van der Waals surface area (Å²) in [6, 6.07) is 0. The van der Waals surface area contributed by atoms with E-state index in [4.69, 9.17) is 0 Å². The van der Waals surface area contributed by atoms with E-state index in [2.05, 4.69) is 13.8 Å². The topological polar surface area (TPSA) is 17.1 Å². The van der Waals surface area contributed by atoms with Gasteiger partial charge in [-0.1, -0.05) is 84.5 Å². The second kappa shape index (κ2) is 15.7. The number of rotatable bonds is 15. The van der Waals surface area contributed by atoms with Crippen molar-refractivity contribution in [3.63, 3.8) is 0 Å². The summed E-state index contributed by atoms with van der Waals surface area (Å²) in [6.45, 7) is 6.07. The van der Waals surface area contributed by atoms with Crippen LogP contribution in [0, 0.1) is 6.92 Å². The molecule has 0 aromatic rings. The average molecular weight is 267 g/mol. The van der Waals surface area contributed by atoms with Gasteiger partial charge in [-0.25, -0.2) is 0 Å². The van der Waals surface area contributed by atoms with Gasteiger partial charge in [0.2, 0.25) is 0 Å². The molecule has 0 saturated heterocycles. The SMILES string of the molecule is [CH2]CCCCCCCCCCC(=O)CCCCCC. The molecule has 0 heterocycles. The van der Waals surface area contributed by atoms with E-state index >= 15 is 0 Å². The smallest absolute Gasteiger partial charge is 0.132 e. The number of carbonyl (C=O) groups is 1. The van der Waals surface area contributed by atoms with Crippen molar-refractivity contribution in [2.75, 3.05) is 0 Å². The lowest BCUT2D eigenvalue weighted by atomic mass is 10.0. The molecule has 113 valence electrons. The van der Waals surface area contributed by atoms with Gasteiger partial charge < -0.3 is 0 Å². The Balaban J connectivity index is 3.10. The summed E-state index contributed by atoms with van der Waals surface area (Å²) >= 11 is 0. The second-order valence-corrected chi connectivity index (χ2v) is 5.78. The minimum absolute atomic E-state index is 0.492. The summed E-state index contributed by atoms with van der Waals surface area (Å²) < 4.78 is 0. The van der Waals surface area contributed by atoms with Crippen LogP contribution in [-0.4, -0.2) is 5.78 Å². The highest BCUT2D eigenvalue weighted by Crippen LogP contribution is 2.12. The van der Waals surface area contributed by atoms with Crippen molar-refractivity contribution < 1.29 is 4.79 Å². The van der Waals surface area contributed by atoms with Crippen molar-refractivity contribution in [3.05, 3.63) is 6.92 Å². The monoisotopic (exact) mass is 267 g/mol. The van der Waals surface area contributed by atoms with Gasteiger partial charge in [-0.2, -0.15) is 0 Å². The van der Waals surface area contributed by atoms with E-state index < -0.39 is 0 Å². The molecule has 0 aliphatic heterocycles. The Morgan fingerprint density at radius 1 is 0.684 bits per heavy atom. The number of ketones is 1. The van der Waals surface area contributed by atoms with E-state index in [-0.39, 0.29) is 0 Å². The molecule has 1 radical (unpaired) electrons. The Morgan fingerprint density at radius 2 is 1.11 bits per heavy atom. The molecule has 0 rings (SSSR count). The third-order valence-corrected chi connectivity index (χ3v) is 3.76. The molecule has 0 aromatic carbocycles. The number of hydrogen-bond acceptors (Lipinski definition) is 1. The van der Waals surface area contributed by atoms with Crippen molar-refractivity contribution in [3.8, 4) is 0 Å². The molecule has 1 heteroatoms. The summed E-state index contributed by atoms with van der Waals surface area (Å²) in [7, 11) is 0. The lowest BCUT2D eigenvalue weighted by molar-refractivity contribution is -0.119. The van der Waals surface area contributed by atoms with Gasteiger partial charge in [-0.15, -0.1) is 0 Å². The molecule has 0 atom stereocenters. The maximum atomic E-state index is 11.6. The summed E-state index contributed by atoms with van der Waals surface area (Å²) in [5.41, 5.74) is 0. The summed E-state index contributed by atoms with van der Waals surface area (Å²) in [5, 5.41) is 0. The largest absolute Gasteiger partial charge is 0.300 e. The van der Waals surface area contributed by atoms with Gasteiger partial charge in [-0.3, -0.25) is 4.79 Å². The van der Waals surface area contributed by atoms with E-state index in [0.29, 0.717) is 5.78 Å². The maximum Gasteiger partial charge on any atom is 0.132 e. The minimum atomic E-state index is 0.492. The normalized spacial score (nSPS) is 10.8. The number of Topliss-reactive ketones (excluding diaryl/α,β-unsaturated/α-hetero) is 1. The molecule has 0 amide bonds. The molecule has 0 saturated carbocycles. The summed E-state index contributed by atoms with van der Waals surface area (Å²) in [5.74, 6) is 0.492. The van der Waals surface area contributed by atoms with Crippen LogP contribution < -0.4 is 0 Å². The van der Waals surface area contributed by atoms with Crippen LogP contribution in [0.15, 0.2) is 0 Å². The van der Waals surface area contributed by atoms with E-state index in [1.807, 2.05) is 0 Å². The van der Waals surface area contributed by atoms with Gasteiger partial charge in [0.05, 0.1) is 0 Å². The fourth-order valence-corrected chi connectivity index (χ4v) is 2.43. The van der Waals surface area contributed by atoms with Crippen molar-refractivity contribution in [1.29, 1.82) is 0 Å². The zero-order valence-corrected chi connectivity index (χ0v) is 13.2. The summed E-state index contributed by atoms with van der Waals surface area (Å²) in [6.07, 6.45) is 18.0. The zero-order chi connectivity index (χ0) is 14.2. The molecule has 0 aliphatic carbocycles. The molecular formula is C18H35O. The quantitative estimate of drug-likeness (QED) is 0.320. The highest BCUT2D eigenvalue weighted by Gasteiger charge is 2.01. The third kappa shape index (κ3) is 15.6. The Kier molecular flexibility index (Phi) is 15.5. The fraction of sp³-hybridized carbons (Fsp3) is 0.889. The molecule has 0 aromatic heterocycles. The molecular weight excluding hydrogens is 232 g/mol. The Bertz CT molecular complexity index is 186. The molecule has 0 N–H and O–H groups in total.